The van der Waals surface area contributed by atoms with E-state index in [0.29, 0.717) is 18.4 Å². The molecule has 0 saturated carbocycles. The van der Waals surface area contributed by atoms with Crippen LogP contribution in [-0.2, 0) is 25.6 Å². The SMILES string of the molecule is CC(C)[C@H](NC(=O)OCCCCC(=O)N1Cc2c(O)cccc2C(O)=C1O)C(=O)OC(C)(C)C. The molecule has 0 radical (unpaired) electrons. The predicted molar refractivity (Wildman–Crippen MR) is 124 cm³/mol. The molecule has 1 aliphatic rings. The molecule has 0 aliphatic carbocycles. The number of amides is 2. The second kappa shape index (κ2) is 11.1. The molecule has 0 bridgehead atoms. The maximum Gasteiger partial charge on any atom is 0.407 e. The van der Waals surface area contributed by atoms with Crippen LogP contribution in [0, 0.1) is 5.92 Å². The molecule has 1 aromatic carbocycles. The first-order valence-electron chi connectivity index (χ1n) is 11.2. The molecule has 2 rings (SSSR count). The smallest absolute Gasteiger partial charge is 0.407 e. The summed E-state index contributed by atoms with van der Waals surface area (Å²) in [4.78, 5) is 37.9. The molecule has 0 aromatic heterocycles. The fraction of sp³-hybridized carbons (Fsp3) is 0.542. The number of phenolic OH excluding ortho intramolecular Hbond substituents is 1. The topological polar surface area (TPSA) is 146 Å². The Labute approximate surface area is 199 Å². The Balaban J connectivity index is 1.80. The summed E-state index contributed by atoms with van der Waals surface area (Å²) in [5.41, 5.74) is -0.0688. The monoisotopic (exact) mass is 478 g/mol. The minimum atomic E-state index is -0.853. The van der Waals surface area contributed by atoms with E-state index in [1.807, 2.05) is 0 Å². The van der Waals surface area contributed by atoms with E-state index in [2.05, 4.69) is 5.32 Å². The standard InChI is InChI=1S/C24H34N2O8/c1-14(2)19(22(31)34-24(3,4)5)25-23(32)33-12-7-6-11-18(28)26-13-16-15(20(29)21(26)30)9-8-10-17(16)27/h8-10,14,19,27,29-30H,6-7,11-13H2,1-5H3,(H,25,32)/t19-/m0/s1. The van der Waals surface area contributed by atoms with Gasteiger partial charge in [0.25, 0.3) is 0 Å². The van der Waals surface area contributed by atoms with E-state index < -0.39 is 41.3 Å². The molecule has 34 heavy (non-hydrogen) atoms. The van der Waals surface area contributed by atoms with Gasteiger partial charge in [0.05, 0.1) is 13.2 Å². The number of nitrogens with zero attached hydrogens (tertiary/aromatic N) is 1. The highest BCUT2D eigenvalue weighted by atomic mass is 16.6. The molecule has 188 valence electrons. The number of alkyl carbamates (subject to hydrolysis) is 1. The average molecular weight is 479 g/mol. The van der Waals surface area contributed by atoms with Crippen molar-refractivity contribution in [1.82, 2.24) is 10.2 Å². The lowest BCUT2D eigenvalue weighted by Gasteiger charge is -2.28. The first kappa shape index (κ1) is 26.8. The highest BCUT2D eigenvalue weighted by molar-refractivity contribution is 5.82. The third-order valence-corrected chi connectivity index (χ3v) is 5.11. The van der Waals surface area contributed by atoms with Crippen molar-refractivity contribution in [3.63, 3.8) is 0 Å². The average Bonchev–Trinajstić information content (AvgIpc) is 2.73. The zero-order valence-electron chi connectivity index (χ0n) is 20.3. The number of aliphatic hydroxyl groups excluding tert-OH is 2. The number of unbranched alkanes of at least 4 members (excludes halogenated alkanes) is 1. The third kappa shape index (κ3) is 7.03. The van der Waals surface area contributed by atoms with Gasteiger partial charge in [-0.25, -0.2) is 9.59 Å². The van der Waals surface area contributed by atoms with Gasteiger partial charge in [-0.05, 0) is 45.6 Å². The second-order valence-electron chi connectivity index (χ2n) is 9.45. The van der Waals surface area contributed by atoms with Gasteiger partial charge in [0, 0.05) is 17.5 Å². The molecule has 0 saturated heterocycles. The molecule has 0 spiro atoms. The van der Waals surface area contributed by atoms with Crippen LogP contribution in [0.1, 0.15) is 65.0 Å². The Morgan fingerprint density at radius 2 is 1.79 bits per heavy atom. The number of nitrogens with one attached hydrogen (secondary N) is 1. The lowest BCUT2D eigenvalue weighted by atomic mass is 10.0. The van der Waals surface area contributed by atoms with Gasteiger partial charge in [-0.3, -0.25) is 9.69 Å². The normalized spacial score (nSPS) is 14.5. The summed E-state index contributed by atoms with van der Waals surface area (Å²) in [7, 11) is 0. The van der Waals surface area contributed by atoms with Crippen molar-refractivity contribution in [2.75, 3.05) is 6.61 Å². The van der Waals surface area contributed by atoms with Crippen LogP contribution in [0.5, 0.6) is 5.75 Å². The number of ether oxygens (including phenoxy) is 2. The predicted octanol–water partition coefficient (Wildman–Crippen LogP) is 3.74. The Kier molecular flexibility index (Phi) is 8.78. The number of fused-ring (bicyclic) bond motifs is 1. The number of carbonyl (C=O) groups excluding carboxylic acids is 3. The summed E-state index contributed by atoms with van der Waals surface area (Å²) in [6.07, 6.45) is -0.0178. The fourth-order valence-electron chi connectivity index (χ4n) is 3.36. The van der Waals surface area contributed by atoms with Crippen molar-refractivity contribution in [1.29, 1.82) is 0 Å². The number of aromatic hydroxyl groups is 1. The number of benzene rings is 1. The van der Waals surface area contributed by atoms with Crippen LogP contribution in [0.2, 0.25) is 0 Å². The zero-order chi connectivity index (χ0) is 25.6. The number of hydrogen-bond donors (Lipinski definition) is 4. The van der Waals surface area contributed by atoms with Crippen LogP contribution in [0.3, 0.4) is 0 Å². The Morgan fingerprint density at radius 1 is 1.12 bits per heavy atom. The molecule has 1 atom stereocenters. The van der Waals surface area contributed by atoms with Gasteiger partial charge >= 0.3 is 12.1 Å². The number of aliphatic hydroxyl groups is 2. The van der Waals surface area contributed by atoms with E-state index in [1.54, 1.807) is 34.6 Å². The van der Waals surface area contributed by atoms with Gasteiger partial charge in [-0.1, -0.05) is 26.0 Å². The largest absolute Gasteiger partial charge is 0.508 e. The zero-order valence-corrected chi connectivity index (χ0v) is 20.3. The van der Waals surface area contributed by atoms with Gasteiger partial charge < -0.3 is 30.1 Å². The Morgan fingerprint density at radius 3 is 2.41 bits per heavy atom. The van der Waals surface area contributed by atoms with Gasteiger partial charge in [-0.15, -0.1) is 0 Å². The Bertz CT molecular complexity index is 949. The maximum absolute atomic E-state index is 12.5. The molecule has 4 N–H and O–H groups in total. The summed E-state index contributed by atoms with van der Waals surface area (Å²) in [6.45, 7) is 8.73. The summed E-state index contributed by atoms with van der Waals surface area (Å²) < 4.78 is 10.4. The van der Waals surface area contributed by atoms with Crippen LogP contribution in [0.15, 0.2) is 24.1 Å². The van der Waals surface area contributed by atoms with Crippen molar-refractivity contribution in [3.05, 3.63) is 35.2 Å². The van der Waals surface area contributed by atoms with E-state index in [9.17, 15) is 29.7 Å². The van der Waals surface area contributed by atoms with Gasteiger partial charge in [-0.2, -0.15) is 0 Å². The molecule has 1 aromatic rings. The Hall–Kier alpha value is -3.43. The molecule has 10 nitrogen and oxygen atoms in total. The van der Waals surface area contributed by atoms with Crippen LogP contribution < -0.4 is 5.32 Å². The summed E-state index contributed by atoms with van der Waals surface area (Å²) in [5, 5.41) is 32.9. The number of esters is 1. The van der Waals surface area contributed by atoms with Crippen molar-refractivity contribution in [3.8, 4) is 5.75 Å². The van der Waals surface area contributed by atoms with E-state index in [0.717, 1.165) is 4.90 Å². The summed E-state index contributed by atoms with van der Waals surface area (Å²) >= 11 is 0. The minimum absolute atomic E-state index is 0.0228. The van der Waals surface area contributed by atoms with Crippen molar-refractivity contribution in [2.45, 2.75) is 72.1 Å². The fourth-order valence-corrected chi connectivity index (χ4v) is 3.36. The molecule has 2 amide bonds. The van der Waals surface area contributed by atoms with Crippen LogP contribution in [0.4, 0.5) is 4.79 Å². The van der Waals surface area contributed by atoms with Gasteiger partial charge in [0.2, 0.25) is 11.8 Å². The summed E-state index contributed by atoms with van der Waals surface area (Å²) in [5.74, 6) is -2.33. The van der Waals surface area contributed by atoms with E-state index in [-0.39, 0.29) is 36.8 Å². The first-order valence-corrected chi connectivity index (χ1v) is 11.2. The minimum Gasteiger partial charge on any atom is -0.508 e. The number of hydrogen-bond acceptors (Lipinski definition) is 8. The highest BCUT2D eigenvalue weighted by Crippen LogP contribution is 2.34. The van der Waals surface area contributed by atoms with Crippen molar-refractivity contribution in [2.24, 2.45) is 5.92 Å². The van der Waals surface area contributed by atoms with Crippen molar-refractivity contribution >= 4 is 23.7 Å². The molecule has 1 heterocycles. The number of phenols is 1. The van der Waals surface area contributed by atoms with E-state index in [1.165, 1.54) is 18.2 Å². The second-order valence-corrected chi connectivity index (χ2v) is 9.45. The van der Waals surface area contributed by atoms with Crippen LogP contribution >= 0.6 is 0 Å². The van der Waals surface area contributed by atoms with Crippen LogP contribution in [0.25, 0.3) is 5.76 Å². The maximum atomic E-state index is 12.5. The van der Waals surface area contributed by atoms with Gasteiger partial charge in [0.1, 0.15) is 17.4 Å². The van der Waals surface area contributed by atoms with Crippen LogP contribution in [-0.4, -0.2) is 56.4 Å². The van der Waals surface area contributed by atoms with Gasteiger partial charge in [0.15, 0.2) is 5.76 Å². The molecule has 1 aliphatic heterocycles. The molecule has 10 heteroatoms. The lowest BCUT2D eigenvalue weighted by molar-refractivity contribution is -0.158. The molecular weight excluding hydrogens is 444 g/mol. The van der Waals surface area contributed by atoms with E-state index in [4.69, 9.17) is 9.47 Å². The molecular formula is C24H34N2O8. The van der Waals surface area contributed by atoms with E-state index >= 15 is 0 Å². The number of rotatable bonds is 8. The first-order chi connectivity index (χ1) is 15.8. The summed E-state index contributed by atoms with van der Waals surface area (Å²) in [6, 6.07) is 3.65. The highest BCUT2D eigenvalue weighted by Gasteiger charge is 2.31. The molecule has 0 fully saturated rings. The van der Waals surface area contributed by atoms with Crippen molar-refractivity contribution < 1.29 is 39.2 Å². The third-order valence-electron chi connectivity index (χ3n) is 5.11. The molecule has 0 unspecified atom stereocenters. The lowest BCUT2D eigenvalue weighted by Crippen LogP contribution is -2.47. The quantitative estimate of drug-likeness (QED) is 0.326. The number of carbonyl (C=O) groups is 3.